The Balaban J connectivity index is 2.06. The van der Waals surface area contributed by atoms with Crippen molar-refractivity contribution in [2.75, 3.05) is 14.2 Å². The van der Waals surface area contributed by atoms with Gasteiger partial charge in [0.15, 0.2) is 0 Å². The molecule has 0 atom stereocenters. The summed E-state index contributed by atoms with van der Waals surface area (Å²) in [6, 6.07) is 12.8. The zero-order chi connectivity index (χ0) is 15.1. The third-order valence-electron chi connectivity index (χ3n) is 2.99. The number of benzene rings is 2. The van der Waals surface area contributed by atoms with E-state index in [-0.39, 0.29) is 5.69 Å². The molecule has 0 aromatic heterocycles. The Hall–Kier alpha value is -2.40. The molecule has 2 rings (SSSR count). The molecule has 0 spiro atoms. The molecule has 110 valence electrons. The molecular formula is C16H17NO4. The molecule has 2 aromatic rings. The molecule has 0 amide bonds. The molecule has 0 aliphatic rings. The van der Waals surface area contributed by atoms with Crippen molar-refractivity contribution in [1.82, 2.24) is 0 Å². The fourth-order valence-electron chi connectivity index (χ4n) is 1.90. The van der Waals surface area contributed by atoms with Gasteiger partial charge in [0.2, 0.25) is 0 Å². The average molecular weight is 287 g/mol. The van der Waals surface area contributed by atoms with Gasteiger partial charge in [-0.2, -0.15) is 0 Å². The number of ether oxygens (including phenoxy) is 3. The summed E-state index contributed by atoms with van der Waals surface area (Å²) >= 11 is 0. The highest BCUT2D eigenvalue weighted by Gasteiger charge is 2.06. The monoisotopic (exact) mass is 287 g/mol. The zero-order valence-corrected chi connectivity index (χ0v) is 12.0. The predicted octanol–water partition coefficient (Wildman–Crippen LogP) is 3.82. The van der Waals surface area contributed by atoms with Crippen LogP contribution in [0.1, 0.15) is 11.1 Å². The Kier molecular flexibility index (Phi) is 5.29. The SMILES string of the molecule is COCc1ccc(OCc2ccc(OC)cc2)c(N=O)c1. The van der Waals surface area contributed by atoms with Crippen LogP contribution in [0, 0.1) is 4.91 Å². The van der Waals surface area contributed by atoms with Crippen molar-refractivity contribution >= 4 is 5.69 Å². The van der Waals surface area contributed by atoms with Crippen molar-refractivity contribution < 1.29 is 14.2 Å². The summed E-state index contributed by atoms with van der Waals surface area (Å²) in [5.41, 5.74) is 2.13. The molecule has 0 N–H and O–H groups in total. The summed E-state index contributed by atoms with van der Waals surface area (Å²) in [5, 5.41) is 3.00. The van der Waals surface area contributed by atoms with Gasteiger partial charge >= 0.3 is 0 Å². The van der Waals surface area contributed by atoms with Crippen molar-refractivity contribution in [3.8, 4) is 11.5 Å². The van der Waals surface area contributed by atoms with Crippen LogP contribution in [-0.2, 0) is 18.0 Å². The second-order valence-electron chi connectivity index (χ2n) is 4.46. The standard InChI is InChI=1S/C16H17NO4/c1-19-10-13-5-8-16(15(9-13)17-18)21-11-12-3-6-14(20-2)7-4-12/h3-9H,10-11H2,1-2H3. The molecule has 0 radical (unpaired) electrons. The Bertz CT molecular complexity index is 596. The molecule has 0 fully saturated rings. The van der Waals surface area contributed by atoms with Crippen LogP contribution in [-0.4, -0.2) is 14.2 Å². The molecule has 5 nitrogen and oxygen atoms in total. The first-order valence-electron chi connectivity index (χ1n) is 6.47. The van der Waals surface area contributed by atoms with E-state index < -0.39 is 0 Å². The van der Waals surface area contributed by atoms with E-state index in [4.69, 9.17) is 14.2 Å². The van der Waals surface area contributed by atoms with E-state index in [1.54, 1.807) is 26.4 Å². The quantitative estimate of drug-likeness (QED) is 0.726. The first kappa shape index (κ1) is 15.0. The predicted molar refractivity (Wildman–Crippen MR) is 79.9 cm³/mol. The van der Waals surface area contributed by atoms with Gasteiger partial charge in [0, 0.05) is 7.11 Å². The van der Waals surface area contributed by atoms with Gasteiger partial charge in [-0.05, 0) is 40.6 Å². The maximum absolute atomic E-state index is 10.9. The highest BCUT2D eigenvalue weighted by molar-refractivity contribution is 5.53. The molecule has 0 aliphatic heterocycles. The number of nitrogens with zero attached hydrogens (tertiary/aromatic N) is 1. The van der Waals surface area contributed by atoms with E-state index in [9.17, 15) is 4.91 Å². The van der Waals surface area contributed by atoms with Gasteiger partial charge in [-0.1, -0.05) is 18.2 Å². The minimum absolute atomic E-state index is 0.276. The number of hydrogen-bond donors (Lipinski definition) is 0. The highest BCUT2D eigenvalue weighted by atomic mass is 16.5. The third kappa shape index (κ3) is 4.03. The van der Waals surface area contributed by atoms with Gasteiger partial charge in [0.25, 0.3) is 0 Å². The first-order chi connectivity index (χ1) is 10.3. The van der Waals surface area contributed by atoms with Crippen LogP contribution in [0.2, 0.25) is 0 Å². The Labute approximate surface area is 123 Å². The molecule has 0 bridgehead atoms. The van der Waals surface area contributed by atoms with E-state index in [1.807, 2.05) is 30.3 Å². The molecule has 21 heavy (non-hydrogen) atoms. The van der Waals surface area contributed by atoms with Crippen LogP contribution in [0.5, 0.6) is 11.5 Å². The summed E-state index contributed by atoms with van der Waals surface area (Å²) in [6.07, 6.45) is 0. The van der Waals surface area contributed by atoms with E-state index >= 15 is 0 Å². The van der Waals surface area contributed by atoms with Crippen molar-refractivity contribution in [2.45, 2.75) is 13.2 Å². The smallest absolute Gasteiger partial charge is 0.150 e. The second kappa shape index (κ2) is 7.40. The Morgan fingerprint density at radius 2 is 1.67 bits per heavy atom. The average Bonchev–Trinajstić information content (AvgIpc) is 2.54. The van der Waals surface area contributed by atoms with E-state index in [0.717, 1.165) is 16.9 Å². The van der Waals surface area contributed by atoms with E-state index in [0.29, 0.717) is 19.0 Å². The normalized spacial score (nSPS) is 10.2. The van der Waals surface area contributed by atoms with Crippen LogP contribution in [0.3, 0.4) is 0 Å². The van der Waals surface area contributed by atoms with Gasteiger partial charge in [0.05, 0.1) is 13.7 Å². The molecular weight excluding hydrogens is 270 g/mol. The summed E-state index contributed by atoms with van der Waals surface area (Å²) in [6.45, 7) is 0.789. The number of nitroso groups, excluding NO2 is 1. The van der Waals surface area contributed by atoms with Gasteiger partial charge in [-0.15, -0.1) is 4.91 Å². The van der Waals surface area contributed by atoms with Gasteiger partial charge in [-0.25, -0.2) is 0 Å². The fourth-order valence-corrected chi connectivity index (χ4v) is 1.90. The maximum Gasteiger partial charge on any atom is 0.150 e. The van der Waals surface area contributed by atoms with Crippen molar-refractivity contribution in [3.05, 3.63) is 58.5 Å². The summed E-state index contributed by atoms with van der Waals surface area (Å²) < 4.78 is 15.8. The van der Waals surface area contributed by atoms with Gasteiger partial charge < -0.3 is 14.2 Å². The molecule has 2 aromatic carbocycles. The molecule has 0 saturated heterocycles. The highest BCUT2D eigenvalue weighted by Crippen LogP contribution is 2.29. The van der Waals surface area contributed by atoms with Crippen molar-refractivity contribution in [1.29, 1.82) is 0 Å². The lowest BCUT2D eigenvalue weighted by atomic mass is 10.2. The van der Waals surface area contributed by atoms with Crippen LogP contribution in [0.15, 0.2) is 47.6 Å². The van der Waals surface area contributed by atoms with E-state index in [2.05, 4.69) is 5.18 Å². The van der Waals surface area contributed by atoms with Crippen molar-refractivity contribution in [3.63, 3.8) is 0 Å². The summed E-state index contributed by atoms with van der Waals surface area (Å²) in [4.78, 5) is 10.9. The number of hydrogen-bond acceptors (Lipinski definition) is 5. The van der Waals surface area contributed by atoms with Crippen molar-refractivity contribution in [2.24, 2.45) is 5.18 Å². The minimum atomic E-state index is 0.276. The minimum Gasteiger partial charge on any atom is -0.497 e. The molecule has 5 heteroatoms. The fraction of sp³-hybridized carbons (Fsp3) is 0.250. The topological polar surface area (TPSA) is 57.1 Å². The maximum atomic E-state index is 10.9. The van der Waals surface area contributed by atoms with Crippen LogP contribution < -0.4 is 9.47 Å². The Morgan fingerprint density at radius 3 is 2.29 bits per heavy atom. The Morgan fingerprint density at radius 1 is 0.952 bits per heavy atom. The van der Waals surface area contributed by atoms with Gasteiger partial charge in [0.1, 0.15) is 23.8 Å². The number of rotatable bonds is 7. The van der Waals surface area contributed by atoms with Crippen LogP contribution in [0.4, 0.5) is 5.69 Å². The zero-order valence-electron chi connectivity index (χ0n) is 12.0. The lowest BCUT2D eigenvalue weighted by Crippen LogP contribution is -1.96. The number of methoxy groups -OCH3 is 2. The second-order valence-corrected chi connectivity index (χ2v) is 4.46. The molecule has 0 heterocycles. The van der Waals surface area contributed by atoms with E-state index in [1.165, 1.54) is 0 Å². The van der Waals surface area contributed by atoms with Crippen LogP contribution in [0.25, 0.3) is 0 Å². The van der Waals surface area contributed by atoms with Crippen LogP contribution >= 0.6 is 0 Å². The lowest BCUT2D eigenvalue weighted by molar-refractivity contribution is 0.185. The van der Waals surface area contributed by atoms with Gasteiger partial charge in [-0.3, -0.25) is 0 Å². The molecule has 0 saturated carbocycles. The molecule has 0 aliphatic carbocycles. The lowest BCUT2D eigenvalue weighted by Gasteiger charge is -2.09. The third-order valence-corrected chi connectivity index (χ3v) is 2.99. The summed E-state index contributed by atoms with van der Waals surface area (Å²) in [5.74, 6) is 1.25. The largest absolute Gasteiger partial charge is 0.497 e. The molecule has 0 unspecified atom stereocenters. The first-order valence-corrected chi connectivity index (χ1v) is 6.47. The summed E-state index contributed by atoms with van der Waals surface area (Å²) in [7, 11) is 3.22.